The monoisotopic (exact) mass is 384 g/mol. The summed E-state index contributed by atoms with van der Waals surface area (Å²) in [7, 11) is 0. The lowest BCUT2D eigenvalue weighted by Crippen LogP contribution is -2.52. The van der Waals surface area contributed by atoms with Gasteiger partial charge in [-0.2, -0.15) is 5.26 Å². The highest BCUT2D eigenvalue weighted by Gasteiger charge is 2.37. The van der Waals surface area contributed by atoms with Gasteiger partial charge in [-0.1, -0.05) is 11.6 Å². The van der Waals surface area contributed by atoms with Crippen LogP contribution in [-0.2, 0) is 4.79 Å². The number of nitrogens with one attached hydrogen (secondary N) is 1. The van der Waals surface area contributed by atoms with Crippen LogP contribution in [0.25, 0.3) is 10.9 Å². The third-order valence-electron chi connectivity index (χ3n) is 5.46. The molecule has 6 nitrogen and oxygen atoms in total. The number of carbonyl (C=O) groups is 1. The predicted molar refractivity (Wildman–Crippen MR) is 104 cm³/mol. The van der Waals surface area contributed by atoms with Gasteiger partial charge in [-0.15, -0.1) is 0 Å². The number of anilines is 1. The van der Waals surface area contributed by atoms with Gasteiger partial charge in [-0.3, -0.25) is 14.7 Å². The van der Waals surface area contributed by atoms with Gasteiger partial charge in [0.2, 0.25) is 0 Å². The molecule has 2 aliphatic carbocycles. The van der Waals surface area contributed by atoms with Crippen molar-refractivity contribution in [2.24, 2.45) is 5.92 Å². The average molecular weight is 385 g/mol. The van der Waals surface area contributed by atoms with E-state index in [0.29, 0.717) is 16.5 Å². The molecule has 0 aliphatic heterocycles. The van der Waals surface area contributed by atoms with Gasteiger partial charge < -0.3 is 10.4 Å². The van der Waals surface area contributed by atoms with E-state index in [9.17, 15) is 15.2 Å². The SMILES string of the molecule is N#Cc1cnc2ccc(Cl)cc2c1NC1CC(N(CC(=O)O)CC2CC2)C1. The molecule has 2 N–H and O–H groups in total. The Morgan fingerprint density at radius 2 is 2.19 bits per heavy atom. The Morgan fingerprint density at radius 1 is 1.41 bits per heavy atom. The minimum atomic E-state index is -0.770. The summed E-state index contributed by atoms with van der Waals surface area (Å²) in [6, 6.07) is 8.15. The molecule has 2 saturated carbocycles. The van der Waals surface area contributed by atoms with Crippen LogP contribution in [0, 0.1) is 17.2 Å². The smallest absolute Gasteiger partial charge is 0.317 e. The number of benzene rings is 1. The zero-order chi connectivity index (χ0) is 19.0. The van der Waals surface area contributed by atoms with Gasteiger partial charge in [0.1, 0.15) is 6.07 Å². The molecular weight excluding hydrogens is 364 g/mol. The van der Waals surface area contributed by atoms with Gasteiger partial charge in [0.15, 0.2) is 0 Å². The first kappa shape index (κ1) is 18.0. The molecule has 7 heteroatoms. The lowest BCUT2D eigenvalue weighted by molar-refractivity contribution is -0.139. The van der Waals surface area contributed by atoms with Crippen LogP contribution < -0.4 is 5.32 Å². The van der Waals surface area contributed by atoms with Gasteiger partial charge in [0, 0.05) is 35.2 Å². The van der Waals surface area contributed by atoms with E-state index < -0.39 is 5.97 Å². The van der Waals surface area contributed by atoms with Crippen LogP contribution in [0.1, 0.15) is 31.2 Å². The second-order valence-electron chi connectivity index (χ2n) is 7.55. The van der Waals surface area contributed by atoms with E-state index >= 15 is 0 Å². The van der Waals surface area contributed by atoms with Gasteiger partial charge in [0.25, 0.3) is 0 Å². The number of nitriles is 1. The molecule has 2 fully saturated rings. The Kier molecular flexibility index (Phi) is 4.90. The molecule has 0 radical (unpaired) electrons. The van der Waals surface area contributed by atoms with Gasteiger partial charge >= 0.3 is 5.97 Å². The predicted octanol–water partition coefficient (Wildman–Crippen LogP) is 3.50. The molecule has 0 unspecified atom stereocenters. The third-order valence-corrected chi connectivity index (χ3v) is 5.69. The normalized spacial score (nSPS) is 21.7. The molecule has 0 spiro atoms. The van der Waals surface area contributed by atoms with Crippen LogP contribution in [0.3, 0.4) is 0 Å². The molecule has 0 saturated heterocycles. The molecule has 2 aliphatic rings. The second kappa shape index (κ2) is 7.34. The summed E-state index contributed by atoms with van der Waals surface area (Å²) in [5.74, 6) is -0.110. The first-order valence-electron chi connectivity index (χ1n) is 9.24. The van der Waals surface area contributed by atoms with Crippen molar-refractivity contribution >= 4 is 34.2 Å². The standard InChI is InChI=1S/C20H21ClN4O2/c21-14-3-4-18-17(5-14)20(13(8-22)9-23-18)24-15-6-16(7-15)25(11-19(26)27)10-12-1-2-12/h3-5,9,12,15-16H,1-2,6-7,10-11H2,(H,23,24)(H,26,27). The van der Waals surface area contributed by atoms with Crippen LogP contribution >= 0.6 is 11.6 Å². The first-order chi connectivity index (χ1) is 13.0. The first-order valence-corrected chi connectivity index (χ1v) is 9.62. The van der Waals surface area contributed by atoms with E-state index in [2.05, 4.69) is 21.3 Å². The molecule has 4 rings (SSSR count). The fourth-order valence-corrected chi connectivity index (χ4v) is 3.93. The largest absolute Gasteiger partial charge is 0.480 e. The van der Waals surface area contributed by atoms with E-state index in [1.54, 1.807) is 12.3 Å². The number of halogens is 1. The second-order valence-corrected chi connectivity index (χ2v) is 7.99. The maximum absolute atomic E-state index is 11.2. The number of hydrogen-bond donors (Lipinski definition) is 2. The number of carboxylic acid groups (broad SMARTS) is 1. The summed E-state index contributed by atoms with van der Waals surface area (Å²) in [5, 5.41) is 23.6. The summed E-state index contributed by atoms with van der Waals surface area (Å²) in [4.78, 5) is 17.6. The Morgan fingerprint density at radius 3 is 2.85 bits per heavy atom. The number of fused-ring (bicyclic) bond motifs is 1. The maximum Gasteiger partial charge on any atom is 0.317 e. The summed E-state index contributed by atoms with van der Waals surface area (Å²) in [6.07, 6.45) is 5.74. The van der Waals surface area contributed by atoms with E-state index in [1.165, 1.54) is 12.8 Å². The van der Waals surface area contributed by atoms with Crippen LogP contribution in [0.2, 0.25) is 5.02 Å². The summed E-state index contributed by atoms with van der Waals surface area (Å²) in [6.45, 7) is 0.978. The number of hydrogen-bond acceptors (Lipinski definition) is 5. The molecule has 2 aromatic rings. The molecule has 140 valence electrons. The summed E-state index contributed by atoms with van der Waals surface area (Å²) < 4.78 is 0. The van der Waals surface area contributed by atoms with Crippen molar-refractivity contribution in [3.63, 3.8) is 0 Å². The minimum absolute atomic E-state index is 0.102. The number of nitrogens with zero attached hydrogens (tertiary/aromatic N) is 3. The fourth-order valence-electron chi connectivity index (χ4n) is 3.76. The van der Waals surface area contributed by atoms with Crippen molar-refractivity contribution in [1.29, 1.82) is 5.26 Å². The highest BCUT2D eigenvalue weighted by Crippen LogP contribution is 2.36. The number of rotatable bonds is 7. The maximum atomic E-state index is 11.2. The zero-order valence-corrected chi connectivity index (χ0v) is 15.6. The molecule has 0 bridgehead atoms. The Bertz CT molecular complexity index is 916. The van der Waals surface area contributed by atoms with Gasteiger partial charge in [-0.05, 0) is 49.8 Å². The van der Waals surface area contributed by atoms with Crippen molar-refractivity contribution in [3.05, 3.63) is 35.0 Å². The van der Waals surface area contributed by atoms with Crippen LogP contribution in [-0.4, -0.2) is 46.1 Å². The van der Waals surface area contributed by atoms with Crippen molar-refractivity contribution in [1.82, 2.24) is 9.88 Å². The van der Waals surface area contributed by atoms with Crippen LogP contribution in [0.4, 0.5) is 5.69 Å². The van der Waals surface area contributed by atoms with Gasteiger partial charge in [-0.25, -0.2) is 0 Å². The highest BCUT2D eigenvalue weighted by molar-refractivity contribution is 6.31. The van der Waals surface area contributed by atoms with E-state index in [1.807, 2.05) is 12.1 Å². The molecule has 0 amide bonds. The van der Waals surface area contributed by atoms with E-state index in [0.717, 1.165) is 36.0 Å². The lowest BCUT2D eigenvalue weighted by atomic mass is 9.84. The fraction of sp³-hybridized carbons (Fsp3) is 0.450. The van der Waals surface area contributed by atoms with Gasteiger partial charge in [0.05, 0.1) is 23.3 Å². The molecule has 0 atom stereocenters. The van der Waals surface area contributed by atoms with Crippen LogP contribution in [0.15, 0.2) is 24.4 Å². The Labute approximate surface area is 162 Å². The molecule has 1 aromatic carbocycles. The number of aromatic nitrogens is 1. The van der Waals surface area contributed by atoms with Crippen molar-refractivity contribution in [2.45, 2.75) is 37.8 Å². The molecule has 27 heavy (non-hydrogen) atoms. The van der Waals surface area contributed by atoms with Crippen molar-refractivity contribution in [2.75, 3.05) is 18.4 Å². The average Bonchev–Trinajstić information content (AvgIpc) is 3.40. The summed E-state index contributed by atoms with van der Waals surface area (Å²) in [5.41, 5.74) is 2.05. The van der Waals surface area contributed by atoms with E-state index in [-0.39, 0.29) is 18.6 Å². The topological polar surface area (TPSA) is 89.3 Å². The van der Waals surface area contributed by atoms with Crippen LogP contribution in [0.5, 0.6) is 0 Å². The minimum Gasteiger partial charge on any atom is -0.480 e. The van der Waals surface area contributed by atoms with E-state index in [4.69, 9.17) is 11.6 Å². The quantitative estimate of drug-likeness (QED) is 0.759. The Balaban J connectivity index is 1.48. The lowest BCUT2D eigenvalue weighted by Gasteiger charge is -2.43. The number of carboxylic acids is 1. The zero-order valence-electron chi connectivity index (χ0n) is 14.9. The number of pyridine rings is 1. The summed E-state index contributed by atoms with van der Waals surface area (Å²) >= 11 is 6.14. The number of aliphatic carboxylic acids is 1. The van der Waals surface area contributed by atoms with Crippen molar-refractivity contribution < 1.29 is 9.90 Å². The third kappa shape index (κ3) is 4.00. The van der Waals surface area contributed by atoms with Crippen molar-refractivity contribution in [3.8, 4) is 6.07 Å². The highest BCUT2D eigenvalue weighted by atomic mass is 35.5. The molecule has 1 aromatic heterocycles. The molecular formula is C20H21ClN4O2. The Hall–Kier alpha value is -2.36. The molecule has 1 heterocycles.